The molecule has 12 heteroatoms. The summed E-state index contributed by atoms with van der Waals surface area (Å²) in [5, 5.41) is 40.3. The molecule has 0 saturated carbocycles. The Labute approximate surface area is 151 Å². The van der Waals surface area contributed by atoms with Crippen molar-refractivity contribution in [3.8, 4) is 0 Å². The topological polar surface area (TPSA) is 135 Å². The zero-order valence-electron chi connectivity index (χ0n) is 15.4. The fourth-order valence-corrected chi connectivity index (χ4v) is 2.61. The van der Waals surface area contributed by atoms with Crippen LogP contribution in [-0.2, 0) is 9.45 Å². The zero-order valence-corrected chi connectivity index (χ0v) is 15.4. The zero-order chi connectivity index (χ0) is 19.3. The van der Waals surface area contributed by atoms with E-state index in [2.05, 4.69) is 17.5 Å². The predicted molar refractivity (Wildman–Crippen MR) is 101 cm³/mol. The van der Waals surface area contributed by atoms with Crippen molar-refractivity contribution in [3.05, 3.63) is 0 Å². The lowest BCUT2D eigenvalue weighted by Crippen LogP contribution is -2.51. The molecule has 0 bridgehead atoms. The first kappa shape index (κ1) is 23.9. The van der Waals surface area contributed by atoms with E-state index in [1.54, 1.807) is 14.3 Å². The van der Waals surface area contributed by atoms with Gasteiger partial charge in [0.2, 0.25) is 0 Å². The van der Waals surface area contributed by atoms with Crippen LogP contribution in [0.25, 0.3) is 0 Å². The van der Waals surface area contributed by atoms with Crippen LogP contribution in [0.15, 0.2) is 0 Å². The van der Waals surface area contributed by atoms with Crippen LogP contribution in [0.3, 0.4) is 0 Å². The lowest BCUT2D eigenvalue weighted by atomic mass is 9.86. The summed E-state index contributed by atoms with van der Waals surface area (Å²) >= 11 is 0. The van der Waals surface area contributed by atoms with E-state index in [1.807, 2.05) is 0 Å². The predicted octanol–water partition coefficient (Wildman–Crippen LogP) is -1.27. The van der Waals surface area contributed by atoms with Crippen molar-refractivity contribution >= 4 is 34.0 Å². The van der Waals surface area contributed by atoms with Crippen molar-refractivity contribution in [2.75, 3.05) is 33.2 Å². The number of hydrogen-bond acceptors (Lipinski definition) is 7. The molecule has 25 heavy (non-hydrogen) atoms. The fraction of sp³-hybridized carbons (Fsp3) is 0.846. The van der Waals surface area contributed by atoms with Crippen LogP contribution in [0.1, 0.15) is 12.8 Å². The largest absolute Gasteiger partial charge is 0.556 e. The van der Waals surface area contributed by atoms with Gasteiger partial charge in [-0.1, -0.05) is 0 Å². The molecule has 0 amide bonds. The van der Waals surface area contributed by atoms with Gasteiger partial charge >= 0.3 is 27.6 Å². The van der Waals surface area contributed by atoms with Gasteiger partial charge in [0.1, 0.15) is 6.40 Å². The van der Waals surface area contributed by atoms with Crippen LogP contribution in [0, 0.1) is 5.41 Å². The molecule has 0 aliphatic rings. The molecule has 0 aromatic heterocycles. The number of hydrogen-bond donors (Lipinski definition) is 6. The Hall–Kier alpha value is -1.07. The third kappa shape index (κ3) is 12.9. The van der Waals surface area contributed by atoms with Gasteiger partial charge < -0.3 is 34.7 Å². The second kappa shape index (κ2) is 13.2. The van der Waals surface area contributed by atoms with Crippen LogP contribution >= 0.6 is 0 Å². The number of quaternary nitrogens is 1. The highest BCUT2D eigenvalue weighted by molar-refractivity contribution is 6.46. The molecule has 1 unspecified atom stereocenters. The van der Waals surface area contributed by atoms with Gasteiger partial charge in [0.15, 0.2) is 0 Å². The molecule has 141 valence electrons. The van der Waals surface area contributed by atoms with Gasteiger partial charge in [-0.05, 0) is 26.5 Å². The summed E-state index contributed by atoms with van der Waals surface area (Å²) in [6, 6.07) is -0.781. The maximum Gasteiger partial charge on any atom is 0.376 e. The molecule has 0 aromatic carbocycles. The number of nitrogens with one attached hydrogen (secondary N) is 3. The molecule has 0 heterocycles. The molecule has 1 radical (unpaired) electrons. The van der Waals surface area contributed by atoms with Gasteiger partial charge in [-0.25, -0.2) is 0 Å². The standard InChI is InChI=1S/C13H30B3N4O5/c1-15(23)18-7-10-20(3,9-6-14-25-11-17)8-4-5-12(13(21)22)19-16(2)24/h11-12,17-19,23-24H,4-10H2,1-3H3/p+1/t12-,20?/m0/s1. The number of carboxylic acids is 1. The van der Waals surface area contributed by atoms with Gasteiger partial charge in [-0.2, -0.15) is 0 Å². The van der Waals surface area contributed by atoms with Crippen molar-refractivity contribution in [2.45, 2.75) is 38.8 Å². The Kier molecular flexibility index (Phi) is 12.6. The van der Waals surface area contributed by atoms with Crippen molar-refractivity contribution < 1.29 is 29.1 Å². The maximum absolute atomic E-state index is 11.2. The lowest BCUT2D eigenvalue weighted by molar-refractivity contribution is -0.906. The molecule has 2 atom stereocenters. The summed E-state index contributed by atoms with van der Waals surface area (Å²) in [5.41, 5.74) is 0. The second-order valence-electron chi connectivity index (χ2n) is 6.51. The summed E-state index contributed by atoms with van der Waals surface area (Å²) in [4.78, 5) is 11.2. The van der Waals surface area contributed by atoms with E-state index in [9.17, 15) is 19.9 Å². The Balaban J connectivity index is 4.51. The molecule has 6 N–H and O–H groups in total. The highest BCUT2D eigenvalue weighted by Crippen LogP contribution is 2.09. The summed E-state index contributed by atoms with van der Waals surface area (Å²) in [5.74, 6) is -0.974. The fourth-order valence-electron chi connectivity index (χ4n) is 2.61. The average Bonchev–Trinajstić information content (AvgIpc) is 2.50. The van der Waals surface area contributed by atoms with E-state index in [0.29, 0.717) is 30.2 Å². The van der Waals surface area contributed by atoms with E-state index < -0.39 is 26.1 Å². The van der Waals surface area contributed by atoms with E-state index >= 15 is 0 Å². The minimum Gasteiger partial charge on any atom is -0.556 e. The highest BCUT2D eigenvalue weighted by Gasteiger charge is 2.25. The van der Waals surface area contributed by atoms with Crippen LogP contribution < -0.4 is 10.5 Å². The second-order valence-corrected chi connectivity index (χ2v) is 6.51. The first-order valence-electron chi connectivity index (χ1n) is 8.58. The summed E-state index contributed by atoms with van der Waals surface area (Å²) in [7, 11) is 2.19. The maximum atomic E-state index is 11.2. The molecule has 0 spiro atoms. The number of nitrogens with zero attached hydrogens (tertiary/aromatic N) is 1. The molecule has 0 saturated heterocycles. The monoisotopic (exact) mass is 356 g/mol. The van der Waals surface area contributed by atoms with E-state index in [1.165, 1.54) is 6.82 Å². The van der Waals surface area contributed by atoms with E-state index in [-0.39, 0.29) is 0 Å². The molecule has 0 aliphatic heterocycles. The van der Waals surface area contributed by atoms with Crippen molar-refractivity contribution in [3.63, 3.8) is 0 Å². The van der Waals surface area contributed by atoms with Gasteiger partial charge in [0.25, 0.3) is 0 Å². The number of carbonyl (C=O) groups is 1. The Morgan fingerprint density at radius 1 is 1.32 bits per heavy atom. The Morgan fingerprint density at radius 3 is 2.52 bits per heavy atom. The van der Waals surface area contributed by atoms with Gasteiger partial charge in [-0.15, -0.1) is 0 Å². The van der Waals surface area contributed by atoms with Gasteiger partial charge in [0.05, 0.1) is 32.7 Å². The van der Waals surface area contributed by atoms with E-state index in [4.69, 9.17) is 10.1 Å². The lowest BCUT2D eigenvalue weighted by Gasteiger charge is -2.35. The molecule has 0 aromatic rings. The first-order valence-corrected chi connectivity index (χ1v) is 8.58. The quantitative estimate of drug-likeness (QED) is 0.0668. The normalized spacial score (nSPS) is 14.3. The molecular weight excluding hydrogens is 325 g/mol. The van der Waals surface area contributed by atoms with Crippen LogP contribution in [0.4, 0.5) is 0 Å². The summed E-state index contributed by atoms with van der Waals surface area (Å²) < 4.78 is 5.50. The number of carboxylic acid groups (broad SMARTS) is 1. The van der Waals surface area contributed by atoms with Gasteiger partial charge in [0, 0.05) is 12.9 Å². The van der Waals surface area contributed by atoms with Crippen LogP contribution in [0.5, 0.6) is 0 Å². The molecule has 9 nitrogen and oxygen atoms in total. The van der Waals surface area contributed by atoms with E-state index in [0.717, 1.165) is 26.0 Å². The van der Waals surface area contributed by atoms with Gasteiger partial charge in [-0.3, -0.25) is 10.2 Å². The first-order chi connectivity index (χ1) is 11.7. The van der Waals surface area contributed by atoms with Crippen LogP contribution in [-0.4, -0.2) is 92.9 Å². The molecule has 0 aliphatic carbocycles. The minimum atomic E-state index is -0.974. The number of likely N-dealkylation sites (N-methyl/N-ethyl adjacent to an activating group) is 1. The van der Waals surface area contributed by atoms with Crippen molar-refractivity contribution in [1.82, 2.24) is 10.5 Å². The SMILES string of the molecule is CB(O)NCC[N+](C)(CC[B]OC=N)CCC[C@H](NB(C)O)C(=O)O. The third-order valence-electron chi connectivity index (χ3n) is 3.97. The summed E-state index contributed by atoms with van der Waals surface area (Å²) in [6.07, 6.45) is 2.62. The number of rotatable bonds is 16. The smallest absolute Gasteiger partial charge is 0.376 e. The molecule has 0 rings (SSSR count). The van der Waals surface area contributed by atoms with Crippen molar-refractivity contribution in [1.29, 1.82) is 5.41 Å². The summed E-state index contributed by atoms with van der Waals surface area (Å²) in [6.45, 7) is 6.09. The Morgan fingerprint density at radius 2 is 2.00 bits per heavy atom. The minimum absolute atomic E-state index is 0.415. The Bertz CT molecular complexity index is 393. The average molecular weight is 356 g/mol. The van der Waals surface area contributed by atoms with Crippen LogP contribution in [0.2, 0.25) is 20.0 Å². The highest BCUT2D eigenvalue weighted by atomic mass is 16.4. The van der Waals surface area contributed by atoms with Crippen molar-refractivity contribution in [2.24, 2.45) is 0 Å². The number of aliphatic carboxylic acids is 1. The molecular formula is C13H31B3N4O5+. The molecule has 0 fully saturated rings. The third-order valence-corrected chi connectivity index (χ3v) is 3.97.